The number of nitrogens with two attached hydrogens (primary N) is 1. The van der Waals surface area contributed by atoms with Crippen LogP contribution in [0.2, 0.25) is 0 Å². The van der Waals surface area contributed by atoms with Gasteiger partial charge in [-0.15, -0.1) is 0 Å². The average Bonchev–Trinajstić information content (AvgIpc) is 2.35. The Kier molecular flexibility index (Phi) is 3.53. The van der Waals surface area contributed by atoms with Gasteiger partial charge in [-0.05, 0) is 24.6 Å². The van der Waals surface area contributed by atoms with Gasteiger partial charge in [-0.25, -0.2) is 0 Å². The Hall–Kier alpha value is -2.01. The molecule has 0 aliphatic heterocycles. The highest BCUT2D eigenvalue weighted by atomic mass is 32.2. The first kappa shape index (κ1) is 12.4. The maximum atomic E-state index is 10.9. The number of nitro benzene ring substituents is 1. The number of rotatable bonds is 3. The van der Waals surface area contributed by atoms with E-state index in [-0.39, 0.29) is 10.6 Å². The molecule has 0 radical (unpaired) electrons. The summed E-state index contributed by atoms with van der Waals surface area (Å²) in [5.74, 6) is 0. The van der Waals surface area contributed by atoms with Gasteiger partial charge in [0, 0.05) is 16.6 Å². The van der Waals surface area contributed by atoms with E-state index in [0.717, 1.165) is 10.5 Å². The Morgan fingerprint density at radius 2 is 1.78 bits per heavy atom. The molecule has 0 spiro atoms. The van der Waals surface area contributed by atoms with Gasteiger partial charge in [-0.1, -0.05) is 36.0 Å². The summed E-state index contributed by atoms with van der Waals surface area (Å²) >= 11 is 1.32. The monoisotopic (exact) mass is 260 g/mol. The van der Waals surface area contributed by atoms with Crippen molar-refractivity contribution >= 4 is 23.1 Å². The summed E-state index contributed by atoms with van der Waals surface area (Å²) in [5, 5.41) is 10.9. The van der Waals surface area contributed by atoms with Crippen molar-refractivity contribution in [2.24, 2.45) is 0 Å². The van der Waals surface area contributed by atoms with Gasteiger partial charge in [-0.3, -0.25) is 10.1 Å². The molecule has 2 N–H and O–H groups in total. The van der Waals surface area contributed by atoms with E-state index in [1.54, 1.807) is 18.2 Å². The lowest BCUT2D eigenvalue weighted by molar-refractivity contribution is -0.387. The third kappa shape index (κ3) is 2.46. The molecule has 5 heteroatoms. The summed E-state index contributed by atoms with van der Waals surface area (Å²) < 4.78 is 0. The number of hydrogen-bond acceptors (Lipinski definition) is 4. The molecule has 2 rings (SSSR count). The molecule has 0 amide bonds. The third-order valence-corrected chi connectivity index (χ3v) is 3.71. The highest BCUT2D eigenvalue weighted by Gasteiger charge is 2.14. The number of hydrogen-bond donors (Lipinski definition) is 1. The molecule has 92 valence electrons. The van der Waals surface area contributed by atoms with E-state index in [0.29, 0.717) is 10.6 Å². The topological polar surface area (TPSA) is 69.2 Å². The summed E-state index contributed by atoms with van der Waals surface area (Å²) in [4.78, 5) is 12.0. The van der Waals surface area contributed by atoms with Crippen molar-refractivity contribution in [2.45, 2.75) is 16.7 Å². The highest BCUT2D eigenvalue weighted by Crippen LogP contribution is 2.37. The zero-order valence-electron chi connectivity index (χ0n) is 9.79. The van der Waals surface area contributed by atoms with Crippen molar-refractivity contribution in [2.75, 3.05) is 5.73 Å². The number of nitrogens with zero attached hydrogens (tertiary/aromatic N) is 1. The maximum absolute atomic E-state index is 10.9. The summed E-state index contributed by atoms with van der Waals surface area (Å²) in [7, 11) is 0. The van der Waals surface area contributed by atoms with Crippen LogP contribution in [0.15, 0.2) is 52.3 Å². The number of para-hydroxylation sites is 2. The first-order valence-electron chi connectivity index (χ1n) is 5.36. The predicted molar refractivity (Wildman–Crippen MR) is 72.8 cm³/mol. The van der Waals surface area contributed by atoms with Gasteiger partial charge in [0.1, 0.15) is 0 Å². The van der Waals surface area contributed by atoms with Crippen LogP contribution in [0.1, 0.15) is 5.56 Å². The van der Waals surface area contributed by atoms with E-state index in [1.165, 1.54) is 17.8 Å². The number of nitrogen functional groups attached to an aromatic ring is 1. The Morgan fingerprint density at radius 1 is 1.11 bits per heavy atom. The zero-order valence-corrected chi connectivity index (χ0v) is 10.6. The number of nitro groups is 1. The van der Waals surface area contributed by atoms with Crippen LogP contribution in [-0.2, 0) is 0 Å². The summed E-state index contributed by atoms with van der Waals surface area (Å²) in [6, 6.07) is 12.3. The first-order chi connectivity index (χ1) is 8.59. The normalized spacial score (nSPS) is 10.3. The van der Waals surface area contributed by atoms with Gasteiger partial charge in [0.25, 0.3) is 5.69 Å². The molecule has 0 saturated carbocycles. The predicted octanol–water partition coefficient (Wildman–Crippen LogP) is 3.64. The molecular weight excluding hydrogens is 248 g/mol. The number of benzene rings is 2. The van der Waals surface area contributed by atoms with Gasteiger partial charge < -0.3 is 5.73 Å². The van der Waals surface area contributed by atoms with E-state index >= 15 is 0 Å². The van der Waals surface area contributed by atoms with Crippen LogP contribution in [0.3, 0.4) is 0 Å². The SMILES string of the molecule is Cc1cccc(Sc2ccccc2[N+](=O)[O-])c1N. The van der Waals surface area contributed by atoms with Crippen LogP contribution in [0.4, 0.5) is 11.4 Å². The lowest BCUT2D eigenvalue weighted by atomic mass is 10.2. The molecule has 4 nitrogen and oxygen atoms in total. The summed E-state index contributed by atoms with van der Waals surface area (Å²) in [5.41, 5.74) is 7.70. The van der Waals surface area contributed by atoms with Crippen molar-refractivity contribution in [3.05, 3.63) is 58.1 Å². The minimum atomic E-state index is -0.381. The van der Waals surface area contributed by atoms with E-state index in [1.807, 2.05) is 25.1 Å². The van der Waals surface area contributed by atoms with Crippen molar-refractivity contribution in [1.82, 2.24) is 0 Å². The van der Waals surface area contributed by atoms with Crippen molar-refractivity contribution in [3.8, 4) is 0 Å². The average molecular weight is 260 g/mol. The Morgan fingerprint density at radius 3 is 2.50 bits per heavy atom. The van der Waals surface area contributed by atoms with Gasteiger partial charge in [-0.2, -0.15) is 0 Å². The second-order valence-electron chi connectivity index (χ2n) is 3.81. The molecule has 0 aliphatic carbocycles. The molecule has 0 fully saturated rings. The minimum absolute atomic E-state index is 0.100. The standard InChI is InChI=1S/C13H12N2O2S/c1-9-5-4-8-12(13(9)14)18-11-7-3-2-6-10(11)15(16)17/h2-8H,14H2,1H3. The molecule has 0 unspecified atom stereocenters. The molecule has 0 atom stereocenters. The lowest BCUT2D eigenvalue weighted by Gasteiger charge is -2.07. The second-order valence-corrected chi connectivity index (χ2v) is 4.90. The fourth-order valence-electron chi connectivity index (χ4n) is 1.56. The largest absolute Gasteiger partial charge is 0.398 e. The van der Waals surface area contributed by atoms with E-state index < -0.39 is 0 Å². The highest BCUT2D eigenvalue weighted by molar-refractivity contribution is 7.99. The second kappa shape index (κ2) is 5.10. The molecule has 2 aromatic carbocycles. The molecule has 2 aromatic rings. The van der Waals surface area contributed by atoms with Crippen LogP contribution < -0.4 is 5.73 Å². The first-order valence-corrected chi connectivity index (χ1v) is 6.17. The fourth-order valence-corrected chi connectivity index (χ4v) is 2.60. The van der Waals surface area contributed by atoms with Gasteiger partial charge in [0.05, 0.1) is 9.82 Å². The van der Waals surface area contributed by atoms with Gasteiger partial charge >= 0.3 is 0 Å². The van der Waals surface area contributed by atoms with Gasteiger partial charge in [0.2, 0.25) is 0 Å². The molecule has 0 aromatic heterocycles. The zero-order chi connectivity index (χ0) is 13.1. The van der Waals surface area contributed by atoms with Crippen molar-refractivity contribution in [1.29, 1.82) is 0 Å². The fraction of sp³-hybridized carbons (Fsp3) is 0.0769. The molecule has 0 bridgehead atoms. The van der Waals surface area contributed by atoms with Crippen LogP contribution in [-0.4, -0.2) is 4.92 Å². The van der Waals surface area contributed by atoms with E-state index in [9.17, 15) is 10.1 Å². The van der Waals surface area contributed by atoms with Crippen LogP contribution in [0.5, 0.6) is 0 Å². The maximum Gasteiger partial charge on any atom is 0.283 e. The van der Waals surface area contributed by atoms with Crippen LogP contribution in [0, 0.1) is 17.0 Å². The quantitative estimate of drug-likeness (QED) is 0.519. The van der Waals surface area contributed by atoms with Crippen molar-refractivity contribution < 1.29 is 4.92 Å². The molecule has 0 saturated heterocycles. The molecule has 0 heterocycles. The smallest absolute Gasteiger partial charge is 0.283 e. The Bertz CT molecular complexity index is 599. The Labute approximate surface area is 109 Å². The molecule has 18 heavy (non-hydrogen) atoms. The lowest BCUT2D eigenvalue weighted by Crippen LogP contribution is -1.93. The Balaban J connectivity index is 2.40. The van der Waals surface area contributed by atoms with Crippen LogP contribution >= 0.6 is 11.8 Å². The summed E-state index contributed by atoms with van der Waals surface area (Å²) in [6.45, 7) is 1.92. The van der Waals surface area contributed by atoms with Gasteiger partial charge in [0.15, 0.2) is 0 Å². The van der Waals surface area contributed by atoms with Crippen molar-refractivity contribution in [3.63, 3.8) is 0 Å². The van der Waals surface area contributed by atoms with Crippen LogP contribution in [0.25, 0.3) is 0 Å². The van der Waals surface area contributed by atoms with E-state index in [4.69, 9.17) is 5.73 Å². The van der Waals surface area contributed by atoms with E-state index in [2.05, 4.69) is 0 Å². The summed E-state index contributed by atoms with van der Waals surface area (Å²) in [6.07, 6.45) is 0. The molecule has 0 aliphatic rings. The number of anilines is 1. The minimum Gasteiger partial charge on any atom is -0.398 e. The number of aryl methyl sites for hydroxylation is 1. The molecular formula is C13H12N2O2S. The third-order valence-electron chi connectivity index (χ3n) is 2.57.